The fraction of sp³-hybridized carbons (Fsp3) is 0.304. The molecule has 0 saturated carbocycles. The molecular weight excluding hydrogens is 444 g/mol. The number of hydrogen-bond donors (Lipinski definition) is 2. The van der Waals surface area contributed by atoms with Crippen LogP contribution in [0.4, 0.5) is 5.82 Å². The van der Waals surface area contributed by atoms with Gasteiger partial charge in [-0.2, -0.15) is 0 Å². The summed E-state index contributed by atoms with van der Waals surface area (Å²) in [5.41, 5.74) is -0.749. The van der Waals surface area contributed by atoms with E-state index in [0.717, 1.165) is 18.2 Å². The van der Waals surface area contributed by atoms with Crippen molar-refractivity contribution in [2.45, 2.75) is 25.2 Å². The van der Waals surface area contributed by atoms with E-state index < -0.39 is 23.6 Å². The zero-order chi connectivity index (χ0) is 24.3. The number of aliphatic hydroxyl groups is 1. The number of morpholine rings is 1. The van der Waals surface area contributed by atoms with Crippen molar-refractivity contribution < 1.29 is 34.0 Å². The summed E-state index contributed by atoms with van der Waals surface area (Å²) in [5.74, 6) is -0.706. The number of hydrogen-bond acceptors (Lipinski definition) is 8. The highest BCUT2D eigenvalue weighted by atomic mass is 16.5. The number of rotatable bonds is 8. The average Bonchev–Trinajstić information content (AvgIpc) is 3.33. The third kappa shape index (κ3) is 4.70. The number of carbonyl (C=O) groups excluding carboxylic acids is 1. The minimum absolute atomic E-state index is 0.0640. The number of aliphatic carboxylic acids is 1. The van der Waals surface area contributed by atoms with Crippen molar-refractivity contribution in [3.63, 3.8) is 0 Å². The number of ether oxygens (including phenoxy) is 3. The predicted molar refractivity (Wildman–Crippen MR) is 119 cm³/mol. The van der Waals surface area contributed by atoms with E-state index in [1.807, 2.05) is 24.3 Å². The van der Waals surface area contributed by atoms with Gasteiger partial charge in [0.25, 0.3) is 5.91 Å². The van der Waals surface area contributed by atoms with Gasteiger partial charge in [-0.05, 0) is 30.7 Å². The van der Waals surface area contributed by atoms with Gasteiger partial charge in [-0.15, -0.1) is 5.10 Å². The molecule has 3 aromatic rings. The molecule has 1 fully saturated rings. The summed E-state index contributed by atoms with van der Waals surface area (Å²) in [6.07, 6.45) is 1.70. The molecule has 2 unspecified atom stereocenters. The van der Waals surface area contributed by atoms with Gasteiger partial charge in [0.1, 0.15) is 12.4 Å². The molecule has 11 nitrogen and oxygen atoms in total. The Hall–Kier alpha value is -3.96. The first kappa shape index (κ1) is 23.2. The van der Waals surface area contributed by atoms with Crippen LogP contribution in [0.1, 0.15) is 12.5 Å². The number of nitrogens with zero attached hydrogens (tertiary/aromatic N) is 4. The van der Waals surface area contributed by atoms with E-state index in [0.29, 0.717) is 24.0 Å². The molecule has 1 aliphatic rings. The third-order valence-corrected chi connectivity index (χ3v) is 5.42. The Morgan fingerprint density at radius 3 is 2.65 bits per heavy atom. The largest absolute Gasteiger partial charge is 0.497 e. The molecule has 1 aromatic carbocycles. The lowest BCUT2D eigenvalue weighted by Gasteiger charge is -2.36. The van der Waals surface area contributed by atoms with Crippen molar-refractivity contribution in [1.82, 2.24) is 14.8 Å². The van der Waals surface area contributed by atoms with Gasteiger partial charge in [-0.1, -0.05) is 12.1 Å². The van der Waals surface area contributed by atoms with Gasteiger partial charge in [0.15, 0.2) is 17.5 Å². The Balaban J connectivity index is 1.42. The summed E-state index contributed by atoms with van der Waals surface area (Å²) in [7, 11) is 1.61. The zero-order valence-electron chi connectivity index (χ0n) is 18.6. The number of aromatic nitrogens is 3. The number of anilines is 1. The van der Waals surface area contributed by atoms with E-state index in [2.05, 4.69) is 10.1 Å². The minimum atomic E-state index is -2.36. The first-order chi connectivity index (χ1) is 16.3. The zero-order valence-corrected chi connectivity index (χ0v) is 18.6. The second-order valence-corrected chi connectivity index (χ2v) is 7.80. The monoisotopic (exact) mass is 468 g/mol. The lowest BCUT2D eigenvalue weighted by atomic mass is 9.97. The van der Waals surface area contributed by atoms with Crippen LogP contribution in [0, 0.1) is 0 Å². The van der Waals surface area contributed by atoms with Crippen LogP contribution in [0.25, 0.3) is 5.69 Å². The Kier molecular flexibility index (Phi) is 6.48. The van der Waals surface area contributed by atoms with E-state index in [-0.39, 0.29) is 13.2 Å². The average molecular weight is 468 g/mol. The van der Waals surface area contributed by atoms with E-state index in [4.69, 9.17) is 14.2 Å². The lowest BCUT2D eigenvalue weighted by Crippen LogP contribution is -2.60. The Morgan fingerprint density at radius 2 is 2.00 bits per heavy atom. The molecular formula is C23H24N4O7. The second kappa shape index (κ2) is 9.49. The third-order valence-electron chi connectivity index (χ3n) is 5.42. The molecule has 1 aliphatic heterocycles. The van der Waals surface area contributed by atoms with Crippen molar-refractivity contribution in [2.24, 2.45) is 0 Å². The molecule has 1 saturated heterocycles. The molecule has 2 atom stereocenters. The van der Waals surface area contributed by atoms with E-state index in [9.17, 15) is 19.8 Å². The summed E-state index contributed by atoms with van der Waals surface area (Å²) in [6.45, 7) is 1.62. The molecule has 2 aromatic heterocycles. The molecule has 4 rings (SSSR count). The molecule has 11 heteroatoms. The fourth-order valence-corrected chi connectivity index (χ4v) is 3.40. The fourth-order valence-electron chi connectivity index (χ4n) is 3.40. The van der Waals surface area contributed by atoms with E-state index in [1.54, 1.807) is 37.7 Å². The number of amides is 1. The van der Waals surface area contributed by atoms with Crippen molar-refractivity contribution in [3.05, 3.63) is 60.4 Å². The van der Waals surface area contributed by atoms with Crippen LogP contribution in [0.2, 0.25) is 0 Å². The number of carboxylic acids is 1. The molecule has 3 heterocycles. The number of carboxylic acid groups (broad SMARTS) is 1. The highest BCUT2D eigenvalue weighted by Crippen LogP contribution is 2.24. The molecule has 1 amide bonds. The van der Waals surface area contributed by atoms with Gasteiger partial charge in [0.05, 0.1) is 32.1 Å². The maximum absolute atomic E-state index is 12.8. The Morgan fingerprint density at radius 1 is 1.24 bits per heavy atom. The maximum atomic E-state index is 12.8. The highest BCUT2D eigenvalue weighted by molar-refractivity contribution is 6.00. The van der Waals surface area contributed by atoms with E-state index >= 15 is 0 Å². The molecule has 0 spiro atoms. The van der Waals surface area contributed by atoms with Crippen LogP contribution in [0.5, 0.6) is 11.6 Å². The van der Waals surface area contributed by atoms with E-state index in [1.165, 1.54) is 9.58 Å². The first-order valence-electron chi connectivity index (χ1n) is 10.5. The SMILES string of the molecule is COc1ccc(COc2ccc(-n3ccc(N4CCOC(C(C)(O)C(=O)O)C4=O)n3)cn2)cc1. The van der Waals surface area contributed by atoms with Crippen LogP contribution < -0.4 is 14.4 Å². The summed E-state index contributed by atoms with van der Waals surface area (Å²) < 4.78 is 17.6. The normalized spacial score (nSPS) is 17.8. The van der Waals surface area contributed by atoms with Crippen molar-refractivity contribution in [2.75, 3.05) is 25.2 Å². The van der Waals surface area contributed by atoms with Gasteiger partial charge >= 0.3 is 5.97 Å². The molecule has 0 radical (unpaired) electrons. The molecule has 0 bridgehead atoms. The van der Waals surface area contributed by atoms with Gasteiger partial charge < -0.3 is 24.4 Å². The van der Waals surface area contributed by atoms with Crippen LogP contribution >= 0.6 is 0 Å². The van der Waals surface area contributed by atoms with Crippen LogP contribution in [0.3, 0.4) is 0 Å². The van der Waals surface area contributed by atoms with Crippen LogP contribution in [-0.4, -0.2) is 68.8 Å². The second-order valence-electron chi connectivity index (χ2n) is 7.80. The first-order valence-corrected chi connectivity index (χ1v) is 10.5. The number of carbonyl (C=O) groups is 2. The molecule has 34 heavy (non-hydrogen) atoms. The standard InChI is InChI=1S/C23H24N4O7/c1-23(31,22(29)30)20-21(28)26(11-12-33-20)18-9-10-27(25-18)16-5-8-19(24-13-16)34-14-15-3-6-17(32-2)7-4-15/h3-10,13,20,31H,11-12,14H2,1-2H3,(H,29,30). The number of benzene rings is 1. The van der Waals surface area contributed by atoms with Gasteiger partial charge in [-0.25, -0.2) is 14.5 Å². The van der Waals surface area contributed by atoms with Crippen molar-refractivity contribution in [3.8, 4) is 17.3 Å². The highest BCUT2D eigenvalue weighted by Gasteiger charge is 2.49. The predicted octanol–water partition coefficient (Wildman–Crippen LogP) is 1.42. The summed E-state index contributed by atoms with van der Waals surface area (Å²) in [4.78, 5) is 29.7. The molecule has 178 valence electrons. The smallest absolute Gasteiger partial charge is 0.338 e. The van der Waals surface area contributed by atoms with Gasteiger partial charge in [0.2, 0.25) is 5.88 Å². The quantitative estimate of drug-likeness (QED) is 0.503. The van der Waals surface area contributed by atoms with Gasteiger partial charge in [-0.3, -0.25) is 9.69 Å². The minimum Gasteiger partial charge on any atom is -0.497 e. The number of methoxy groups -OCH3 is 1. The van der Waals surface area contributed by atoms with Crippen molar-refractivity contribution >= 4 is 17.7 Å². The Labute approximate surface area is 195 Å². The summed E-state index contributed by atoms with van der Waals surface area (Å²) >= 11 is 0. The summed E-state index contributed by atoms with van der Waals surface area (Å²) in [5, 5.41) is 23.8. The maximum Gasteiger partial charge on any atom is 0.338 e. The molecule has 2 N–H and O–H groups in total. The van der Waals surface area contributed by atoms with Crippen molar-refractivity contribution in [1.29, 1.82) is 0 Å². The summed E-state index contributed by atoms with van der Waals surface area (Å²) in [6, 6.07) is 12.6. The molecule has 0 aliphatic carbocycles. The van der Waals surface area contributed by atoms with Gasteiger partial charge in [0, 0.05) is 18.3 Å². The number of pyridine rings is 1. The lowest BCUT2D eigenvalue weighted by molar-refractivity contribution is -0.180. The Bertz CT molecular complexity index is 1160. The topological polar surface area (TPSA) is 136 Å². The van der Waals surface area contributed by atoms with Crippen LogP contribution in [0.15, 0.2) is 54.9 Å². The van der Waals surface area contributed by atoms with Crippen LogP contribution in [-0.2, 0) is 20.9 Å².